The number of carbonyl (C=O) groups excluding carboxylic acids is 1. The standard InChI is InChI=1S/C14H13N3O2S2/c1-8-7-20-14(19)17(8)6-10-9-4-2-3-5-11(9)21-12(10)13(18)16-15/h2-5,7H,6,15H2,1H3,(H,16,18). The molecule has 3 rings (SSSR count). The zero-order valence-electron chi connectivity index (χ0n) is 11.3. The summed E-state index contributed by atoms with van der Waals surface area (Å²) in [5, 5.41) is 2.80. The molecule has 2 heterocycles. The van der Waals surface area contributed by atoms with Crippen LogP contribution in [0.15, 0.2) is 34.4 Å². The van der Waals surface area contributed by atoms with Crippen LogP contribution in [0.2, 0.25) is 0 Å². The molecule has 0 atom stereocenters. The van der Waals surface area contributed by atoms with E-state index in [0.717, 1.165) is 32.7 Å². The number of rotatable bonds is 3. The lowest BCUT2D eigenvalue weighted by atomic mass is 10.1. The number of hydrogen-bond donors (Lipinski definition) is 2. The molecule has 21 heavy (non-hydrogen) atoms. The Hall–Kier alpha value is -1.96. The Kier molecular flexibility index (Phi) is 3.62. The number of carbonyl (C=O) groups is 1. The maximum absolute atomic E-state index is 12.0. The van der Waals surface area contributed by atoms with Gasteiger partial charge in [-0.05, 0) is 18.4 Å². The maximum atomic E-state index is 12.0. The highest BCUT2D eigenvalue weighted by Crippen LogP contribution is 2.31. The van der Waals surface area contributed by atoms with Crippen molar-refractivity contribution < 1.29 is 4.79 Å². The van der Waals surface area contributed by atoms with Gasteiger partial charge < -0.3 is 0 Å². The van der Waals surface area contributed by atoms with Gasteiger partial charge in [-0.15, -0.1) is 11.3 Å². The third-order valence-electron chi connectivity index (χ3n) is 3.33. The van der Waals surface area contributed by atoms with Crippen LogP contribution in [-0.4, -0.2) is 10.5 Å². The van der Waals surface area contributed by atoms with Crippen LogP contribution in [0.5, 0.6) is 0 Å². The molecule has 0 saturated heterocycles. The molecule has 0 bridgehead atoms. The van der Waals surface area contributed by atoms with Crippen molar-refractivity contribution in [3.05, 3.63) is 55.4 Å². The van der Waals surface area contributed by atoms with Crippen LogP contribution in [-0.2, 0) is 6.54 Å². The minimum atomic E-state index is -0.327. The van der Waals surface area contributed by atoms with E-state index < -0.39 is 0 Å². The van der Waals surface area contributed by atoms with Crippen molar-refractivity contribution in [1.82, 2.24) is 9.99 Å². The SMILES string of the molecule is Cc1csc(=O)n1Cc1c(C(=O)NN)sc2ccccc12. The van der Waals surface area contributed by atoms with Gasteiger partial charge in [-0.3, -0.25) is 19.6 Å². The molecule has 0 fully saturated rings. The number of benzene rings is 1. The van der Waals surface area contributed by atoms with Gasteiger partial charge in [0.15, 0.2) is 0 Å². The van der Waals surface area contributed by atoms with Crippen LogP contribution in [0.3, 0.4) is 0 Å². The van der Waals surface area contributed by atoms with E-state index in [1.807, 2.05) is 36.6 Å². The number of aryl methyl sites for hydroxylation is 1. The Morgan fingerprint density at radius 3 is 2.81 bits per heavy atom. The summed E-state index contributed by atoms with van der Waals surface area (Å²) < 4.78 is 2.68. The van der Waals surface area contributed by atoms with E-state index in [1.54, 1.807) is 4.57 Å². The third kappa shape index (κ3) is 2.39. The number of nitrogens with one attached hydrogen (secondary N) is 1. The molecule has 0 aliphatic carbocycles. The number of fused-ring (bicyclic) bond motifs is 1. The largest absolute Gasteiger partial charge is 0.307 e. The Labute approximate surface area is 128 Å². The Bertz CT molecular complexity index is 876. The number of hydrazine groups is 1. The van der Waals surface area contributed by atoms with Gasteiger partial charge in [-0.25, -0.2) is 5.84 Å². The summed E-state index contributed by atoms with van der Waals surface area (Å²) in [6, 6.07) is 7.77. The molecule has 3 aromatic rings. The Balaban J connectivity index is 2.20. The van der Waals surface area contributed by atoms with Gasteiger partial charge >= 0.3 is 4.87 Å². The van der Waals surface area contributed by atoms with E-state index in [9.17, 15) is 9.59 Å². The number of thiazole rings is 1. The molecule has 0 aliphatic heterocycles. The first-order valence-corrected chi connectivity index (χ1v) is 7.97. The second-order valence-electron chi connectivity index (χ2n) is 4.61. The number of thiophene rings is 1. The molecule has 0 aliphatic rings. The molecule has 1 amide bonds. The zero-order valence-corrected chi connectivity index (χ0v) is 12.9. The van der Waals surface area contributed by atoms with Gasteiger partial charge in [0, 0.05) is 21.3 Å². The highest BCUT2D eigenvalue weighted by atomic mass is 32.1. The smallest absolute Gasteiger partial charge is 0.299 e. The van der Waals surface area contributed by atoms with Crippen molar-refractivity contribution in [1.29, 1.82) is 0 Å². The van der Waals surface area contributed by atoms with Crippen molar-refractivity contribution >= 4 is 38.7 Å². The monoisotopic (exact) mass is 319 g/mol. The number of amides is 1. The normalized spacial score (nSPS) is 11.0. The lowest BCUT2D eigenvalue weighted by molar-refractivity contribution is 0.0957. The topological polar surface area (TPSA) is 77.1 Å². The van der Waals surface area contributed by atoms with Gasteiger partial charge in [0.2, 0.25) is 0 Å². The quantitative estimate of drug-likeness (QED) is 0.441. The molecule has 1 aromatic carbocycles. The summed E-state index contributed by atoms with van der Waals surface area (Å²) in [6.45, 7) is 2.26. The van der Waals surface area contributed by atoms with Crippen LogP contribution in [0.1, 0.15) is 20.9 Å². The number of nitrogens with two attached hydrogens (primary N) is 1. The summed E-state index contributed by atoms with van der Waals surface area (Å²) in [6.07, 6.45) is 0. The summed E-state index contributed by atoms with van der Waals surface area (Å²) in [5.41, 5.74) is 3.90. The molecule has 0 saturated carbocycles. The molecule has 0 unspecified atom stereocenters. The molecule has 0 radical (unpaired) electrons. The Morgan fingerprint density at radius 1 is 1.38 bits per heavy atom. The van der Waals surface area contributed by atoms with Crippen LogP contribution in [0.25, 0.3) is 10.1 Å². The van der Waals surface area contributed by atoms with Gasteiger partial charge in [-0.2, -0.15) is 0 Å². The number of hydrogen-bond acceptors (Lipinski definition) is 5. The highest BCUT2D eigenvalue weighted by Gasteiger charge is 2.19. The lowest BCUT2D eigenvalue weighted by Crippen LogP contribution is -2.30. The van der Waals surface area contributed by atoms with Crippen LogP contribution in [0, 0.1) is 6.92 Å². The fourth-order valence-corrected chi connectivity index (χ4v) is 4.11. The number of aromatic nitrogens is 1. The summed E-state index contributed by atoms with van der Waals surface area (Å²) in [5.74, 6) is 4.94. The van der Waals surface area contributed by atoms with Crippen molar-refractivity contribution in [3.8, 4) is 0 Å². The van der Waals surface area contributed by atoms with Gasteiger partial charge in [-0.1, -0.05) is 29.5 Å². The highest BCUT2D eigenvalue weighted by molar-refractivity contribution is 7.21. The minimum absolute atomic E-state index is 0.0260. The van der Waals surface area contributed by atoms with Crippen molar-refractivity contribution in [2.45, 2.75) is 13.5 Å². The van der Waals surface area contributed by atoms with Crippen LogP contribution >= 0.6 is 22.7 Å². The average molecular weight is 319 g/mol. The molecule has 0 spiro atoms. The van der Waals surface area contributed by atoms with E-state index in [0.29, 0.717) is 11.4 Å². The molecule has 7 heteroatoms. The van der Waals surface area contributed by atoms with Gasteiger partial charge in [0.05, 0.1) is 11.4 Å². The second-order valence-corrected chi connectivity index (χ2v) is 6.48. The predicted molar refractivity (Wildman–Crippen MR) is 85.9 cm³/mol. The van der Waals surface area contributed by atoms with E-state index in [1.165, 1.54) is 11.3 Å². The molecule has 2 aromatic heterocycles. The van der Waals surface area contributed by atoms with Crippen LogP contribution < -0.4 is 16.1 Å². The zero-order chi connectivity index (χ0) is 15.0. The first kappa shape index (κ1) is 14.0. The number of nitrogen functional groups attached to an aromatic ring is 1. The van der Waals surface area contributed by atoms with E-state index in [2.05, 4.69) is 5.43 Å². The first-order valence-electron chi connectivity index (χ1n) is 6.28. The van der Waals surface area contributed by atoms with Crippen molar-refractivity contribution in [2.24, 2.45) is 5.84 Å². The molecule has 3 N–H and O–H groups in total. The predicted octanol–water partition coefficient (Wildman–Crippen LogP) is 2.08. The first-order chi connectivity index (χ1) is 10.1. The van der Waals surface area contributed by atoms with Gasteiger partial charge in [0.1, 0.15) is 0 Å². The van der Waals surface area contributed by atoms with E-state index in [-0.39, 0.29) is 10.8 Å². The average Bonchev–Trinajstić information content (AvgIpc) is 3.02. The summed E-state index contributed by atoms with van der Waals surface area (Å²) in [7, 11) is 0. The summed E-state index contributed by atoms with van der Waals surface area (Å²) in [4.78, 5) is 24.4. The van der Waals surface area contributed by atoms with Crippen molar-refractivity contribution in [2.75, 3.05) is 0 Å². The molecular weight excluding hydrogens is 306 g/mol. The van der Waals surface area contributed by atoms with Crippen LogP contribution in [0.4, 0.5) is 0 Å². The molecule has 5 nitrogen and oxygen atoms in total. The lowest BCUT2D eigenvalue weighted by Gasteiger charge is -2.06. The Morgan fingerprint density at radius 2 is 2.14 bits per heavy atom. The second kappa shape index (κ2) is 5.44. The van der Waals surface area contributed by atoms with Crippen molar-refractivity contribution in [3.63, 3.8) is 0 Å². The fraction of sp³-hybridized carbons (Fsp3) is 0.143. The number of nitrogens with zero attached hydrogens (tertiary/aromatic N) is 1. The van der Waals surface area contributed by atoms with E-state index in [4.69, 9.17) is 5.84 Å². The summed E-state index contributed by atoms with van der Waals surface area (Å²) >= 11 is 2.55. The minimum Gasteiger partial charge on any atom is -0.299 e. The fourth-order valence-electron chi connectivity index (χ4n) is 2.26. The maximum Gasteiger partial charge on any atom is 0.307 e. The molecule has 108 valence electrons. The van der Waals surface area contributed by atoms with E-state index >= 15 is 0 Å². The third-order valence-corrected chi connectivity index (χ3v) is 5.42. The molecular formula is C14H13N3O2S2. The van der Waals surface area contributed by atoms with Gasteiger partial charge in [0.25, 0.3) is 5.91 Å².